The van der Waals surface area contributed by atoms with Crippen molar-refractivity contribution in [1.82, 2.24) is 0 Å². The molecule has 7 heteroatoms. The van der Waals surface area contributed by atoms with Gasteiger partial charge in [0.05, 0.1) is 59.5 Å². The monoisotopic (exact) mass is 362 g/mol. The molecule has 24 heavy (non-hydrogen) atoms. The van der Waals surface area contributed by atoms with Crippen molar-refractivity contribution in [3.05, 3.63) is 28.8 Å². The average Bonchev–Trinajstić information content (AvgIpc) is 2.58. The number of halogens is 1. The molecule has 0 amide bonds. The van der Waals surface area contributed by atoms with Gasteiger partial charge in [0.25, 0.3) is 0 Å². The van der Waals surface area contributed by atoms with Crippen LogP contribution < -0.4 is 4.74 Å². The van der Waals surface area contributed by atoms with Gasteiger partial charge in [-0.05, 0) is 30.7 Å². The molecule has 0 fully saturated rings. The summed E-state index contributed by atoms with van der Waals surface area (Å²) in [5, 5.41) is 9.25. The molecule has 0 aliphatic carbocycles. The molecule has 1 N–H and O–H groups in total. The zero-order chi connectivity index (χ0) is 17.5. The molecule has 0 saturated heterocycles. The predicted molar refractivity (Wildman–Crippen MR) is 92.0 cm³/mol. The normalized spacial score (nSPS) is 11.0. The first kappa shape index (κ1) is 21.2. The second kappa shape index (κ2) is 14.5. The molecule has 0 spiro atoms. The van der Waals surface area contributed by atoms with E-state index in [9.17, 15) is 0 Å². The highest BCUT2D eigenvalue weighted by Gasteiger charge is 1.98. The third-order valence-corrected chi connectivity index (χ3v) is 3.40. The van der Waals surface area contributed by atoms with E-state index in [2.05, 4.69) is 0 Å². The molecular weight excluding hydrogens is 336 g/mol. The number of rotatable bonds is 15. The summed E-state index contributed by atoms with van der Waals surface area (Å²) >= 11 is 5.95. The van der Waals surface area contributed by atoms with Gasteiger partial charge >= 0.3 is 0 Å². The molecule has 1 rings (SSSR count). The first-order valence-electron chi connectivity index (χ1n) is 8.05. The number of hydrogen-bond acceptors (Lipinski definition) is 6. The van der Waals surface area contributed by atoms with Crippen LogP contribution >= 0.6 is 11.6 Å². The fourth-order valence-corrected chi connectivity index (χ4v) is 1.87. The van der Waals surface area contributed by atoms with Gasteiger partial charge in [0.15, 0.2) is 0 Å². The number of benzene rings is 1. The second-order valence-electron chi connectivity index (χ2n) is 4.93. The Morgan fingerprint density at radius 2 is 1.29 bits per heavy atom. The summed E-state index contributed by atoms with van der Waals surface area (Å²) < 4.78 is 26.7. The lowest BCUT2D eigenvalue weighted by molar-refractivity contribution is -0.00779. The Hall–Kier alpha value is -0.890. The number of hydrogen-bond donors (Lipinski definition) is 1. The van der Waals surface area contributed by atoms with Crippen LogP contribution in [0.1, 0.15) is 5.56 Å². The minimum Gasteiger partial charge on any atom is -0.491 e. The first-order valence-corrected chi connectivity index (χ1v) is 8.42. The van der Waals surface area contributed by atoms with Crippen molar-refractivity contribution in [2.24, 2.45) is 0 Å². The highest BCUT2D eigenvalue weighted by Crippen LogP contribution is 2.20. The van der Waals surface area contributed by atoms with Gasteiger partial charge in [0.2, 0.25) is 0 Å². The lowest BCUT2D eigenvalue weighted by atomic mass is 10.2. The molecule has 0 saturated carbocycles. The van der Waals surface area contributed by atoms with Crippen molar-refractivity contribution in [3.63, 3.8) is 0 Å². The maximum absolute atomic E-state index is 8.51. The van der Waals surface area contributed by atoms with Crippen LogP contribution in [0.2, 0.25) is 5.02 Å². The van der Waals surface area contributed by atoms with E-state index in [4.69, 9.17) is 40.4 Å². The van der Waals surface area contributed by atoms with Crippen molar-refractivity contribution in [1.29, 1.82) is 0 Å². The summed E-state index contributed by atoms with van der Waals surface area (Å²) in [6.45, 7) is 6.36. The van der Waals surface area contributed by atoms with Crippen molar-refractivity contribution in [2.45, 2.75) is 6.92 Å². The van der Waals surface area contributed by atoms with E-state index < -0.39 is 0 Å². The molecule has 0 bridgehead atoms. The van der Waals surface area contributed by atoms with Gasteiger partial charge in [-0.15, -0.1) is 0 Å². The van der Waals surface area contributed by atoms with Crippen LogP contribution in [0.15, 0.2) is 18.2 Å². The lowest BCUT2D eigenvalue weighted by Gasteiger charge is -2.09. The maximum atomic E-state index is 8.51. The summed E-state index contributed by atoms with van der Waals surface area (Å²) in [5.74, 6) is 0.789. The Bertz CT molecular complexity index is 430. The van der Waals surface area contributed by atoms with Crippen LogP contribution in [0.25, 0.3) is 0 Å². The Morgan fingerprint density at radius 1 is 0.792 bits per heavy atom. The molecule has 138 valence electrons. The summed E-state index contributed by atoms with van der Waals surface area (Å²) in [7, 11) is 0. The van der Waals surface area contributed by atoms with Crippen LogP contribution in [0, 0.1) is 6.92 Å². The lowest BCUT2D eigenvalue weighted by Crippen LogP contribution is -2.14. The first-order chi connectivity index (χ1) is 11.7. The molecule has 0 unspecified atom stereocenters. The van der Waals surface area contributed by atoms with Gasteiger partial charge in [-0.2, -0.15) is 0 Å². The van der Waals surface area contributed by atoms with Crippen molar-refractivity contribution >= 4 is 11.6 Å². The van der Waals surface area contributed by atoms with E-state index in [-0.39, 0.29) is 6.61 Å². The Balaban J connectivity index is 1.83. The van der Waals surface area contributed by atoms with Crippen LogP contribution in [0.3, 0.4) is 0 Å². The summed E-state index contributed by atoms with van der Waals surface area (Å²) in [6, 6.07) is 5.56. The number of aliphatic hydroxyl groups is 1. The zero-order valence-electron chi connectivity index (χ0n) is 14.2. The Morgan fingerprint density at radius 3 is 1.79 bits per heavy atom. The minimum atomic E-state index is 0.0352. The minimum absolute atomic E-state index is 0.0352. The van der Waals surface area contributed by atoms with Crippen molar-refractivity contribution in [3.8, 4) is 5.75 Å². The fourth-order valence-electron chi connectivity index (χ4n) is 1.75. The zero-order valence-corrected chi connectivity index (χ0v) is 14.9. The quantitative estimate of drug-likeness (QED) is 0.482. The molecule has 1 aromatic rings. The average molecular weight is 363 g/mol. The molecule has 0 heterocycles. The number of aryl methyl sites for hydroxylation is 1. The van der Waals surface area contributed by atoms with Crippen molar-refractivity contribution in [2.75, 3.05) is 66.1 Å². The largest absolute Gasteiger partial charge is 0.491 e. The van der Waals surface area contributed by atoms with Crippen LogP contribution in [0.4, 0.5) is 0 Å². The van der Waals surface area contributed by atoms with Gasteiger partial charge in [-0.3, -0.25) is 0 Å². The van der Waals surface area contributed by atoms with Crippen LogP contribution in [-0.2, 0) is 18.9 Å². The molecule has 0 atom stereocenters. The Labute approximate surface area is 148 Å². The highest BCUT2D eigenvalue weighted by molar-refractivity contribution is 6.31. The van der Waals surface area contributed by atoms with Crippen molar-refractivity contribution < 1.29 is 28.8 Å². The topological polar surface area (TPSA) is 66.4 Å². The van der Waals surface area contributed by atoms with E-state index in [1.165, 1.54) is 0 Å². The maximum Gasteiger partial charge on any atom is 0.119 e. The molecule has 0 aromatic heterocycles. The van der Waals surface area contributed by atoms with Gasteiger partial charge in [0.1, 0.15) is 12.4 Å². The van der Waals surface area contributed by atoms with Crippen LogP contribution in [0.5, 0.6) is 5.75 Å². The van der Waals surface area contributed by atoms with Gasteiger partial charge < -0.3 is 28.8 Å². The number of ether oxygens (including phenoxy) is 5. The SMILES string of the molecule is Cc1cc(OCCOCCOCCOCCOCCO)ccc1Cl. The number of aliphatic hydroxyl groups excluding tert-OH is 1. The van der Waals surface area contributed by atoms with E-state index >= 15 is 0 Å². The van der Waals surface area contributed by atoms with E-state index in [0.717, 1.165) is 16.3 Å². The van der Waals surface area contributed by atoms with Crippen LogP contribution in [-0.4, -0.2) is 71.2 Å². The predicted octanol–water partition coefficient (Wildman–Crippen LogP) is 2.09. The Kier molecular flexibility index (Phi) is 12.7. The molecule has 0 aliphatic heterocycles. The third kappa shape index (κ3) is 10.8. The standard InChI is InChI=1S/C17H27ClO6/c1-15-14-16(2-3-17(15)18)24-13-12-23-11-10-22-9-8-21-7-6-20-5-4-19/h2-3,14,19H,4-13H2,1H3. The summed E-state index contributed by atoms with van der Waals surface area (Å²) in [5.41, 5.74) is 0.991. The van der Waals surface area contributed by atoms with Gasteiger partial charge in [-0.1, -0.05) is 11.6 Å². The molecular formula is C17H27ClO6. The highest BCUT2D eigenvalue weighted by atomic mass is 35.5. The second-order valence-corrected chi connectivity index (χ2v) is 5.34. The molecule has 0 radical (unpaired) electrons. The molecule has 0 aliphatic rings. The summed E-state index contributed by atoms with van der Waals surface area (Å²) in [4.78, 5) is 0. The van der Waals surface area contributed by atoms with Gasteiger partial charge in [-0.25, -0.2) is 0 Å². The third-order valence-electron chi connectivity index (χ3n) is 2.98. The smallest absolute Gasteiger partial charge is 0.119 e. The molecule has 1 aromatic carbocycles. The molecule has 6 nitrogen and oxygen atoms in total. The fraction of sp³-hybridized carbons (Fsp3) is 0.647. The van der Waals surface area contributed by atoms with E-state index in [1.54, 1.807) is 0 Å². The van der Waals surface area contributed by atoms with E-state index in [0.29, 0.717) is 59.5 Å². The van der Waals surface area contributed by atoms with E-state index in [1.807, 2.05) is 25.1 Å². The summed E-state index contributed by atoms with van der Waals surface area (Å²) in [6.07, 6.45) is 0. The van der Waals surface area contributed by atoms with Gasteiger partial charge in [0, 0.05) is 5.02 Å².